The molecule has 26 heavy (non-hydrogen) atoms. The number of aromatic nitrogens is 2. The second-order valence-corrected chi connectivity index (χ2v) is 7.43. The number of aryl methyl sites for hydroxylation is 1. The first-order chi connectivity index (χ1) is 12.7. The minimum Gasteiger partial charge on any atom is -0.492 e. The molecule has 1 atom stereocenters. The Morgan fingerprint density at radius 2 is 2.23 bits per heavy atom. The molecule has 2 fully saturated rings. The zero-order valence-electron chi connectivity index (χ0n) is 15.4. The lowest BCUT2D eigenvalue weighted by Gasteiger charge is -2.42. The molecular weight excluding hydrogens is 330 g/mol. The normalized spacial score (nSPS) is 22.7. The standard InChI is InChI=1S/C20H27N3O3/c1-16-13-18(22-26-16)15-23-9-6-20(7-10-23)17(5-12-25-20)4-11-24-19-3-2-8-21-14-19/h2-3,8,13-14,17H,4-7,9-12,15H2,1H3. The molecule has 0 amide bonds. The average Bonchev–Trinajstić information content (AvgIpc) is 3.25. The highest BCUT2D eigenvalue weighted by molar-refractivity contribution is 5.15. The van der Waals surface area contributed by atoms with E-state index in [0.717, 1.165) is 75.7 Å². The predicted molar refractivity (Wildman–Crippen MR) is 96.9 cm³/mol. The number of rotatable bonds is 6. The number of hydrogen-bond donors (Lipinski definition) is 0. The van der Waals surface area contributed by atoms with Crippen molar-refractivity contribution in [3.8, 4) is 5.75 Å². The molecule has 2 aliphatic rings. The van der Waals surface area contributed by atoms with E-state index in [4.69, 9.17) is 14.0 Å². The fourth-order valence-corrected chi connectivity index (χ4v) is 4.31. The summed E-state index contributed by atoms with van der Waals surface area (Å²) in [7, 11) is 0. The largest absolute Gasteiger partial charge is 0.492 e. The molecule has 140 valence electrons. The fraction of sp³-hybridized carbons (Fsp3) is 0.600. The highest BCUT2D eigenvalue weighted by atomic mass is 16.5. The van der Waals surface area contributed by atoms with Gasteiger partial charge in [0.1, 0.15) is 11.5 Å². The number of piperidine rings is 1. The Hall–Kier alpha value is -1.92. The number of pyridine rings is 1. The number of hydrogen-bond acceptors (Lipinski definition) is 6. The Morgan fingerprint density at radius 3 is 2.96 bits per heavy atom. The van der Waals surface area contributed by atoms with E-state index in [2.05, 4.69) is 15.0 Å². The molecule has 2 aromatic rings. The van der Waals surface area contributed by atoms with Crippen molar-refractivity contribution >= 4 is 0 Å². The van der Waals surface area contributed by atoms with Gasteiger partial charge in [-0.3, -0.25) is 9.88 Å². The maximum atomic E-state index is 6.27. The molecule has 2 aromatic heterocycles. The van der Waals surface area contributed by atoms with Crippen molar-refractivity contribution in [1.29, 1.82) is 0 Å². The maximum absolute atomic E-state index is 6.27. The molecule has 0 N–H and O–H groups in total. The first kappa shape index (κ1) is 17.5. The Labute approximate surface area is 154 Å². The third-order valence-corrected chi connectivity index (χ3v) is 5.73. The average molecular weight is 357 g/mol. The Bertz CT molecular complexity index is 695. The van der Waals surface area contributed by atoms with Gasteiger partial charge in [-0.25, -0.2) is 0 Å². The lowest BCUT2D eigenvalue weighted by Crippen LogP contribution is -2.47. The van der Waals surface area contributed by atoms with Crippen molar-refractivity contribution in [2.45, 2.75) is 44.8 Å². The van der Waals surface area contributed by atoms with Crippen LogP contribution in [0.1, 0.15) is 37.1 Å². The van der Waals surface area contributed by atoms with Gasteiger partial charge in [0.05, 0.1) is 24.1 Å². The predicted octanol–water partition coefficient (Wildman–Crippen LogP) is 3.22. The van der Waals surface area contributed by atoms with Crippen molar-refractivity contribution < 1.29 is 14.0 Å². The summed E-state index contributed by atoms with van der Waals surface area (Å²) < 4.78 is 17.3. The summed E-state index contributed by atoms with van der Waals surface area (Å²) in [6, 6.07) is 5.88. The first-order valence-electron chi connectivity index (χ1n) is 9.55. The molecule has 0 aromatic carbocycles. The summed E-state index contributed by atoms with van der Waals surface area (Å²) >= 11 is 0. The van der Waals surface area contributed by atoms with Crippen molar-refractivity contribution in [2.75, 3.05) is 26.3 Å². The van der Waals surface area contributed by atoms with Crippen LogP contribution in [0, 0.1) is 12.8 Å². The summed E-state index contributed by atoms with van der Waals surface area (Å²) in [4.78, 5) is 6.55. The topological polar surface area (TPSA) is 60.6 Å². The number of ether oxygens (including phenoxy) is 2. The molecule has 6 heteroatoms. The van der Waals surface area contributed by atoms with Gasteiger partial charge in [0.15, 0.2) is 0 Å². The van der Waals surface area contributed by atoms with Gasteiger partial charge in [0, 0.05) is 38.5 Å². The Kier molecular flexibility index (Phi) is 5.22. The summed E-state index contributed by atoms with van der Waals surface area (Å²) in [6.07, 6.45) is 7.88. The summed E-state index contributed by atoms with van der Waals surface area (Å²) in [5.41, 5.74) is 1.06. The van der Waals surface area contributed by atoms with Crippen LogP contribution >= 0.6 is 0 Å². The van der Waals surface area contributed by atoms with Gasteiger partial charge in [0.2, 0.25) is 0 Å². The van der Waals surface area contributed by atoms with Crippen LogP contribution in [0.15, 0.2) is 35.1 Å². The molecular formula is C20H27N3O3. The van der Waals surface area contributed by atoms with E-state index in [-0.39, 0.29) is 5.60 Å². The van der Waals surface area contributed by atoms with E-state index < -0.39 is 0 Å². The van der Waals surface area contributed by atoms with Gasteiger partial charge in [-0.2, -0.15) is 0 Å². The van der Waals surface area contributed by atoms with Gasteiger partial charge < -0.3 is 14.0 Å². The van der Waals surface area contributed by atoms with Gasteiger partial charge in [-0.15, -0.1) is 0 Å². The molecule has 0 aliphatic carbocycles. The minimum absolute atomic E-state index is 0.0362. The van der Waals surface area contributed by atoms with Crippen LogP contribution < -0.4 is 4.74 Å². The van der Waals surface area contributed by atoms with E-state index in [1.165, 1.54) is 0 Å². The maximum Gasteiger partial charge on any atom is 0.137 e. The smallest absolute Gasteiger partial charge is 0.137 e. The summed E-state index contributed by atoms with van der Waals surface area (Å²) in [5, 5.41) is 4.11. The first-order valence-corrected chi connectivity index (χ1v) is 9.55. The van der Waals surface area contributed by atoms with Crippen LogP contribution in [0.3, 0.4) is 0 Å². The molecule has 4 heterocycles. The number of nitrogens with zero attached hydrogens (tertiary/aromatic N) is 3. The van der Waals surface area contributed by atoms with Crippen LogP contribution in [0.25, 0.3) is 0 Å². The lowest BCUT2D eigenvalue weighted by atomic mass is 9.78. The van der Waals surface area contributed by atoms with Crippen molar-refractivity contribution in [3.63, 3.8) is 0 Å². The second-order valence-electron chi connectivity index (χ2n) is 7.43. The van der Waals surface area contributed by atoms with E-state index in [1.807, 2.05) is 25.1 Å². The molecule has 1 spiro atoms. The van der Waals surface area contributed by atoms with Crippen LogP contribution in [-0.2, 0) is 11.3 Å². The van der Waals surface area contributed by atoms with E-state index in [1.54, 1.807) is 12.4 Å². The SMILES string of the molecule is Cc1cc(CN2CCC3(CC2)OCCC3CCOc2cccnc2)no1. The molecule has 1 unspecified atom stereocenters. The van der Waals surface area contributed by atoms with E-state index in [0.29, 0.717) is 5.92 Å². The monoisotopic (exact) mass is 357 g/mol. The number of likely N-dealkylation sites (tertiary alicyclic amines) is 1. The van der Waals surface area contributed by atoms with Crippen LogP contribution in [0.2, 0.25) is 0 Å². The van der Waals surface area contributed by atoms with Crippen molar-refractivity contribution in [2.24, 2.45) is 5.92 Å². The zero-order valence-corrected chi connectivity index (χ0v) is 15.4. The highest BCUT2D eigenvalue weighted by Gasteiger charge is 2.45. The van der Waals surface area contributed by atoms with Gasteiger partial charge in [-0.1, -0.05) is 5.16 Å². The Morgan fingerprint density at radius 1 is 1.35 bits per heavy atom. The molecule has 4 rings (SSSR count). The summed E-state index contributed by atoms with van der Waals surface area (Å²) in [5.74, 6) is 2.30. The summed E-state index contributed by atoms with van der Waals surface area (Å²) in [6.45, 7) is 6.50. The highest BCUT2D eigenvalue weighted by Crippen LogP contribution is 2.42. The van der Waals surface area contributed by atoms with Crippen molar-refractivity contribution in [3.05, 3.63) is 42.0 Å². The van der Waals surface area contributed by atoms with E-state index >= 15 is 0 Å². The third kappa shape index (κ3) is 3.91. The van der Waals surface area contributed by atoms with Gasteiger partial charge in [0.25, 0.3) is 0 Å². The molecule has 2 saturated heterocycles. The van der Waals surface area contributed by atoms with Gasteiger partial charge >= 0.3 is 0 Å². The molecule has 2 aliphatic heterocycles. The molecule has 0 saturated carbocycles. The molecule has 6 nitrogen and oxygen atoms in total. The van der Waals surface area contributed by atoms with E-state index in [9.17, 15) is 0 Å². The zero-order chi connectivity index (χ0) is 17.8. The minimum atomic E-state index is 0.0362. The van der Waals surface area contributed by atoms with Crippen molar-refractivity contribution in [1.82, 2.24) is 15.0 Å². The quantitative estimate of drug-likeness (QED) is 0.791. The van der Waals surface area contributed by atoms with Crippen LogP contribution in [-0.4, -0.2) is 46.9 Å². The molecule has 0 bridgehead atoms. The lowest BCUT2D eigenvalue weighted by molar-refractivity contribution is -0.0710. The van der Waals surface area contributed by atoms with Crippen LogP contribution in [0.5, 0.6) is 5.75 Å². The second kappa shape index (κ2) is 7.76. The van der Waals surface area contributed by atoms with Crippen LogP contribution in [0.4, 0.5) is 0 Å². The molecule has 0 radical (unpaired) electrons. The Balaban J connectivity index is 1.27. The third-order valence-electron chi connectivity index (χ3n) is 5.73. The fourth-order valence-electron chi connectivity index (χ4n) is 4.31. The van der Waals surface area contributed by atoms with Gasteiger partial charge in [-0.05, 0) is 50.7 Å².